The predicted molar refractivity (Wildman–Crippen MR) is 105 cm³/mol. The molecule has 2 aromatic heterocycles. The van der Waals surface area contributed by atoms with E-state index in [4.69, 9.17) is 4.74 Å². The number of pyridine rings is 1. The van der Waals surface area contributed by atoms with E-state index in [1.807, 2.05) is 6.07 Å². The number of nitrogens with zero attached hydrogens (tertiary/aromatic N) is 3. The molecule has 27 heavy (non-hydrogen) atoms. The minimum absolute atomic E-state index is 0.166. The maximum absolute atomic E-state index is 12.5. The van der Waals surface area contributed by atoms with Gasteiger partial charge in [0.05, 0.1) is 0 Å². The van der Waals surface area contributed by atoms with Crippen LogP contribution in [-0.4, -0.2) is 33.7 Å². The lowest BCUT2D eigenvalue weighted by molar-refractivity contribution is 0.191. The first-order valence-corrected chi connectivity index (χ1v) is 9.54. The SMILES string of the molecule is COCCCCn1nnc2cc(NCc3ccc4c(c3)CCC4)[nH]c(=O)c21. The van der Waals surface area contributed by atoms with Crippen LogP contribution in [0.4, 0.5) is 5.82 Å². The van der Waals surface area contributed by atoms with Crippen molar-refractivity contribution >= 4 is 16.9 Å². The van der Waals surface area contributed by atoms with Crippen LogP contribution in [0.15, 0.2) is 29.1 Å². The zero-order valence-corrected chi connectivity index (χ0v) is 15.6. The Morgan fingerprint density at radius 2 is 2.11 bits per heavy atom. The molecule has 2 N–H and O–H groups in total. The number of unbranched alkanes of at least 4 members (excludes halogenated alkanes) is 1. The lowest BCUT2D eigenvalue weighted by Gasteiger charge is -2.08. The number of aromatic amines is 1. The highest BCUT2D eigenvalue weighted by molar-refractivity contribution is 5.76. The van der Waals surface area contributed by atoms with Gasteiger partial charge in [-0.3, -0.25) is 4.79 Å². The minimum atomic E-state index is -0.166. The number of nitrogens with one attached hydrogen (secondary N) is 2. The molecule has 0 spiro atoms. The minimum Gasteiger partial charge on any atom is -0.385 e. The largest absolute Gasteiger partial charge is 0.385 e. The molecule has 0 saturated carbocycles. The topological polar surface area (TPSA) is 84.8 Å². The van der Waals surface area contributed by atoms with Gasteiger partial charge in [-0.15, -0.1) is 5.10 Å². The Hall–Kier alpha value is -2.67. The zero-order chi connectivity index (χ0) is 18.6. The third-order valence-corrected chi connectivity index (χ3v) is 5.12. The molecule has 4 rings (SSSR count). The van der Waals surface area contributed by atoms with Gasteiger partial charge in [0.1, 0.15) is 11.3 Å². The molecule has 0 unspecified atom stereocenters. The lowest BCUT2D eigenvalue weighted by atomic mass is 10.1. The molecule has 0 amide bonds. The number of hydrogen-bond donors (Lipinski definition) is 2. The number of ether oxygens (including phenoxy) is 1. The normalized spacial score (nSPS) is 13.2. The number of rotatable bonds is 8. The monoisotopic (exact) mass is 367 g/mol. The fourth-order valence-electron chi connectivity index (χ4n) is 3.70. The summed E-state index contributed by atoms with van der Waals surface area (Å²) in [5.41, 5.74) is 5.11. The molecule has 0 radical (unpaired) electrons. The van der Waals surface area contributed by atoms with Gasteiger partial charge in [0.25, 0.3) is 5.56 Å². The van der Waals surface area contributed by atoms with Gasteiger partial charge in [-0.2, -0.15) is 0 Å². The van der Waals surface area contributed by atoms with Gasteiger partial charge in [0.2, 0.25) is 0 Å². The first kappa shape index (κ1) is 17.7. The van der Waals surface area contributed by atoms with Crippen molar-refractivity contribution in [3.05, 3.63) is 51.3 Å². The van der Waals surface area contributed by atoms with E-state index in [-0.39, 0.29) is 5.56 Å². The summed E-state index contributed by atoms with van der Waals surface area (Å²) in [6.07, 6.45) is 5.42. The van der Waals surface area contributed by atoms with E-state index in [2.05, 4.69) is 38.8 Å². The molecule has 0 fully saturated rings. The molecule has 0 aliphatic heterocycles. The second-order valence-corrected chi connectivity index (χ2v) is 7.07. The number of H-pyrrole nitrogens is 1. The quantitative estimate of drug-likeness (QED) is 0.598. The molecule has 7 nitrogen and oxygen atoms in total. The molecule has 2 heterocycles. The van der Waals surface area contributed by atoms with Crippen molar-refractivity contribution in [1.82, 2.24) is 20.0 Å². The van der Waals surface area contributed by atoms with Crippen LogP contribution in [0, 0.1) is 0 Å². The van der Waals surface area contributed by atoms with Gasteiger partial charge in [0, 0.05) is 32.9 Å². The van der Waals surface area contributed by atoms with Crippen LogP contribution in [0.2, 0.25) is 0 Å². The third kappa shape index (κ3) is 3.88. The van der Waals surface area contributed by atoms with E-state index in [1.54, 1.807) is 11.8 Å². The second-order valence-electron chi connectivity index (χ2n) is 7.07. The van der Waals surface area contributed by atoms with Crippen molar-refractivity contribution in [2.24, 2.45) is 0 Å². The highest BCUT2D eigenvalue weighted by atomic mass is 16.5. The summed E-state index contributed by atoms with van der Waals surface area (Å²) in [5.74, 6) is 0.666. The first-order chi connectivity index (χ1) is 13.2. The summed E-state index contributed by atoms with van der Waals surface area (Å²) < 4.78 is 6.73. The van der Waals surface area contributed by atoms with Gasteiger partial charge in [0.15, 0.2) is 5.52 Å². The highest BCUT2D eigenvalue weighted by Gasteiger charge is 2.12. The summed E-state index contributed by atoms with van der Waals surface area (Å²) in [4.78, 5) is 15.4. The summed E-state index contributed by atoms with van der Waals surface area (Å²) >= 11 is 0. The molecule has 1 aliphatic carbocycles. The van der Waals surface area contributed by atoms with Gasteiger partial charge in [-0.25, -0.2) is 4.68 Å². The average molecular weight is 367 g/mol. The number of fused-ring (bicyclic) bond motifs is 2. The van der Waals surface area contributed by atoms with Gasteiger partial charge in [-0.05, 0) is 48.8 Å². The average Bonchev–Trinajstić information content (AvgIpc) is 3.30. The summed E-state index contributed by atoms with van der Waals surface area (Å²) in [7, 11) is 1.69. The van der Waals surface area contributed by atoms with Gasteiger partial charge >= 0.3 is 0 Å². The number of aryl methyl sites for hydroxylation is 3. The van der Waals surface area contributed by atoms with Crippen LogP contribution in [-0.2, 0) is 30.7 Å². The van der Waals surface area contributed by atoms with Crippen molar-refractivity contribution in [2.45, 2.75) is 45.2 Å². The fraction of sp³-hybridized carbons (Fsp3) is 0.450. The maximum atomic E-state index is 12.5. The summed E-state index contributed by atoms with van der Waals surface area (Å²) in [6.45, 7) is 2.03. The van der Waals surface area contributed by atoms with E-state index in [0.29, 0.717) is 36.5 Å². The van der Waals surface area contributed by atoms with Crippen LogP contribution in [0.1, 0.15) is 36.0 Å². The number of benzene rings is 1. The number of hydrogen-bond acceptors (Lipinski definition) is 5. The number of aromatic nitrogens is 4. The molecule has 3 aromatic rings. The van der Waals surface area contributed by atoms with Gasteiger partial charge < -0.3 is 15.0 Å². The molecule has 7 heteroatoms. The van der Waals surface area contributed by atoms with Crippen LogP contribution in [0.5, 0.6) is 0 Å². The fourth-order valence-corrected chi connectivity index (χ4v) is 3.70. The van der Waals surface area contributed by atoms with E-state index >= 15 is 0 Å². The molecule has 1 aliphatic rings. The van der Waals surface area contributed by atoms with Crippen LogP contribution in [0.3, 0.4) is 0 Å². The molecule has 0 saturated heterocycles. The van der Waals surface area contributed by atoms with E-state index in [1.165, 1.54) is 36.0 Å². The Morgan fingerprint density at radius 1 is 1.22 bits per heavy atom. The lowest BCUT2D eigenvalue weighted by Crippen LogP contribution is -2.15. The summed E-state index contributed by atoms with van der Waals surface area (Å²) in [5, 5.41) is 11.6. The Bertz CT molecular complexity index is 992. The molecule has 142 valence electrons. The first-order valence-electron chi connectivity index (χ1n) is 9.54. The van der Waals surface area contributed by atoms with E-state index in [0.717, 1.165) is 12.8 Å². The van der Waals surface area contributed by atoms with Crippen LogP contribution in [0.25, 0.3) is 11.0 Å². The smallest absolute Gasteiger partial charge is 0.277 e. The number of methoxy groups -OCH3 is 1. The zero-order valence-electron chi connectivity index (χ0n) is 15.6. The molecular weight excluding hydrogens is 342 g/mol. The molecular formula is C20H25N5O2. The highest BCUT2D eigenvalue weighted by Crippen LogP contribution is 2.23. The Kier molecular flexibility index (Phi) is 5.20. The summed E-state index contributed by atoms with van der Waals surface area (Å²) in [6, 6.07) is 8.50. The van der Waals surface area contributed by atoms with E-state index in [9.17, 15) is 4.79 Å². The van der Waals surface area contributed by atoms with Gasteiger partial charge in [-0.1, -0.05) is 23.4 Å². The van der Waals surface area contributed by atoms with Crippen molar-refractivity contribution in [2.75, 3.05) is 19.0 Å². The Labute approximate surface area is 157 Å². The number of anilines is 1. The standard InChI is InChI=1S/C20H25N5O2/c1-27-10-3-2-9-25-19-17(23-24-25)12-18(22-20(19)26)21-13-14-7-8-15-5-4-6-16(15)11-14/h7-8,11-12H,2-6,9-10,13H2,1H3,(H2,21,22,26). The molecule has 1 aromatic carbocycles. The van der Waals surface area contributed by atoms with Crippen molar-refractivity contribution in [1.29, 1.82) is 0 Å². The molecule has 0 bridgehead atoms. The van der Waals surface area contributed by atoms with Crippen molar-refractivity contribution < 1.29 is 4.74 Å². The van der Waals surface area contributed by atoms with Crippen molar-refractivity contribution in [3.8, 4) is 0 Å². The van der Waals surface area contributed by atoms with Crippen LogP contribution >= 0.6 is 0 Å². The predicted octanol–water partition coefficient (Wildman–Crippen LogP) is 2.65. The Morgan fingerprint density at radius 3 is 3.00 bits per heavy atom. The maximum Gasteiger partial charge on any atom is 0.277 e. The van der Waals surface area contributed by atoms with Crippen molar-refractivity contribution in [3.63, 3.8) is 0 Å². The molecule has 0 atom stereocenters. The Balaban J connectivity index is 1.46. The van der Waals surface area contributed by atoms with Crippen LogP contribution < -0.4 is 10.9 Å². The second kappa shape index (κ2) is 7.92. The van der Waals surface area contributed by atoms with E-state index < -0.39 is 0 Å². The third-order valence-electron chi connectivity index (χ3n) is 5.12.